The molecular weight excluding hydrogens is 582 g/mol. The maximum absolute atomic E-state index is 13.2. The molecular formula is C33H35N3O7S. The quantitative estimate of drug-likeness (QED) is 0.230. The Bertz CT molecular complexity index is 1700. The number of rotatable bonds is 12. The van der Waals surface area contributed by atoms with Crippen molar-refractivity contribution in [2.75, 3.05) is 6.26 Å². The third kappa shape index (κ3) is 7.91. The monoisotopic (exact) mass is 617 g/mol. The lowest BCUT2D eigenvalue weighted by Crippen LogP contribution is -2.47. The van der Waals surface area contributed by atoms with Gasteiger partial charge in [0, 0.05) is 12.3 Å². The van der Waals surface area contributed by atoms with E-state index in [9.17, 15) is 23.1 Å². The molecule has 11 heteroatoms. The number of nitrogens with zero attached hydrogens (tertiary/aromatic N) is 2. The number of hydrogen-bond donors (Lipinski definition) is 2. The van der Waals surface area contributed by atoms with E-state index in [2.05, 4.69) is 10.4 Å². The van der Waals surface area contributed by atoms with Crippen LogP contribution in [0, 0.1) is 0 Å². The van der Waals surface area contributed by atoms with E-state index in [0.29, 0.717) is 6.61 Å². The van der Waals surface area contributed by atoms with Crippen LogP contribution in [0.2, 0.25) is 0 Å². The van der Waals surface area contributed by atoms with E-state index in [1.165, 1.54) is 10.7 Å². The van der Waals surface area contributed by atoms with Gasteiger partial charge in [-0.15, -0.1) is 0 Å². The molecule has 1 fully saturated rings. The van der Waals surface area contributed by atoms with Crippen LogP contribution >= 0.6 is 0 Å². The molecule has 1 heterocycles. The van der Waals surface area contributed by atoms with Gasteiger partial charge < -0.3 is 19.9 Å². The van der Waals surface area contributed by atoms with Gasteiger partial charge in [-0.05, 0) is 47.2 Å². The zero-order chi connectivity index (χ0) is 31.1. The Hall–Kier alpha value is -4.48. The average molecular weight is 618 g/mol. The number of benzene rings is 3. The Balaban J connectivity index is 1.27. The van der Waals surface area contributed by atoms with Crippen LogP contribution in [0.4, 0.5) is 0 Å². The standard InChI is InChI=1S/C33H35N3O7S/c1-44(40,41)26-17-15-24(16-18-26)27-12-6-5-11-25(27)22-43-32-19-29(33(38)39)35-36(32)20-31(37)34-28-13-7-8-14-30(28)42-21-23-9-3-2-4-10-23/h2-6,9-12,15-19,28,30H,7-8,13-14,20-22H2,1H3,(H,34,37)(H,38,39). The smallest absolute Gasteiger partial charge is 0.356 e. The molecule has 1 aliphatic rings. The predicted octanol–water partition coefficient (Wildman–Crippen LogP) is 4.88. The predicted molar refractivity (Wildman–Crippen MR) is 164 cm³/mol. The normalized spacial score (nSPS) is 16.8. The second kappa shape index (κ2) is 13.9. The minimum atomic E-state index is -3.33. The highest BCUT2D eigenvalue weighted by molar-refractivity contribution is 7.90. The lowest BCUT2D eigenvalue weighted by atomic mass is 9.92. The van der Waals surface area contributed by atoms with E-state index >= 15 is 0 Å². The van der Waals surface area contributed by atoms with Gasteiger partial charge in [0.1, 0.15) is 13.2 Å². The molecule has 5 rings (SSSR count). The summed E-state index contributed by atoms with van der Waals surface area (Å²) >= 11 is 0. The lowest BCUT2D eigenvalue weighted by Gasteiger charge is -2.32. The number of carbonyl (C=O) groups is 2. The third-order valence-corrected chi connectivity index (χ3v) is 8.73. The fourth-order valence-electron chi connectivity index (χ4n) is 5.32. The van der Waals surface area contributed by atoms with E-state index in [1.54, 1.807) is 24.3 Å². The van der Waals surface area contributed by atoms with E-state index in [-0.39, 0.29) is 47.7 Å². The number of aromatic nitrogens is 2. The summed E-state index contributed by atoms with van der Waals surface area (Å²) in [5, 5.41) is 16.7. The van der Waals surface area contributed by atoms with Crippen LogP contribution in [0.3, 0.4) is 0 Å². The molecule has 1 aromatic heterocycles. The van der Waals surface area contributed by atoms with Gasteiger partial charge in [0.2, 0.25) is 11.8 Å². The summed E-state index contributed by atoms with van der Waals surface area (Å²) < 4.78 is 37.2. The Morgan fingerprint density at radius 2 is 1.66 bits per heavy atom. The van der Waals surface area contributed by atoms with Crippen LogP contribution in [-0.2, 0) is 39.1 Å². The van der Waals surface area contributed by atoms with Crippen molar-refractivity contribution < 1.29 is 32.6 Å². The molecule has 4 aromatic rings. The van der Waals surface area contributed by atoms with Gasteiger partial charge >= 0.3 is 5.97 Å². The summed E-state index contributed by atoms with van der Waals surface area (Å²) in [4.78, 5) is 25.1. The molecule has 0 bridgehead atoms. The highest BCUT2D eigenvalue weighted by Crippen LogP contribution is 2.27. The van der Waals surface area contributed by atoms with Gasteiger partial charge in [0.25, 0.3) is 0 Å². The van der Waals surface area contributed by atoms with E-state index in [0.717, 1.165) is 54.2 Å². The van der Waals surface area contributed by atoms with E-state index in [1.807, 2.05) is 54.6 Å². The van der Waals surface area contributed by atoms with Crippen molar-refractivity contribution in [1.82, 2.24) is 15.1 Å². The van der Waals surface area contributed by atoms with Crippen LogP contribution in [-0.4, -0.2) is 53.6 Å². The van der Waals surface area contributed by atoms with Gasteiger partial charge in [0.15, 0.2) is 15.5 Å². The fraction of sp³-hybridized carbons (Fsp3) is 0.303. The van der Waals surface area contributed by atoms with Crippen molar-refractivity contribution in [3.63, 3.8) is 0 Å². The molecule has 1 amide bonds. The molecule has 1 aliphatic carbocycles. The molecule has 0 aliphatic heterocycles. The molecule has 2 N–H and O–H groups in total. The number of ether oxygens (including phenoxy) is 2. The van der Waals surface area contributed by atoms with Gasteiger partial charge in [0.05, 0.1) is 23.6 Å². The largest absolute Gasteiger partial charge is 0.476 e. The van der Waals surface area contributed by atoms with Crippen molar-refractivity contribution >= 4 is 21.7 Å². The number of amides is 1. The first-order valence-corrected chi connectivity index (χ1v) is 16.3. The summed E-state index contributed by atoms with van der Waals surface area (Å²) in [6.45, 7) is 0.299. The molecule has 3 aromatic carbocycles. The van der Waals surface area contributed by atoms with Crippen molar-refractivity contribution in [2.24, 2.45) is 0 Å². The molecule has 230 valence electrons. The summed E-state index contributed by atoms with van der Waals surface area (Å²) in [5.41, 5.74) is 3.24. The first kappa shape index (κ1) is 31.0. The van der Waals surface area contributed by atoms with Gasteiger partial charge in [-0.3, -0.25) is 4.79 Å². The molecule has 0 saturated heterocycles. The zero-order valence-corrected chi connectivity index (χ0v) is 25.2. The highest BCUT2D eigenvalue weighted by atomic mass is 32.2. The average Bonchev–Trinajstić information content (AvgIpc) is 3.42. The number of sulfone groups is 1. The third-order valence-electron chi connectivity index (χ3n) is 7.60. The number of hydrogen-bond acceptors (Lipinski definition) is 7. The highest BCUT2D eigenvalue weighted by Gasteiger charge is 2.28. The Labute approximate surface area is 256 Å². The number of nitrogens with one attached hydrogen (secondary N) is 1. The summed E-state index contributed by atoms with van der Waals surface area (Å²) in [6.07, 6.45) is 4.66. The Morgan fingerprint density at radius 1 is 0.955 bits per heavy atom. The molecule has 2 unspecified atom stereocenters. The van der Waals surface area contributed by atoms with Crippen LogP contribution in [0.5, 0.6) is 5.88 Å². The van der Waals surface area contributed by atoms with Gasteiger partial charge in [-0.2, -0.15) is 5.10 Å². The fourth-order valence-corrected chi connectivity index (χ4v) is 5.95. The Kier molecular flexibility index (Phi) is 9.76. The van der Waals surface area contributed by atoms with Crippen molar-refractivity contribution in [1.29, 1.82) is 0 Å². The van der Waals surface area contributed by atoms with Crippen LogP contribution in [0.25, 0.3) is 11.1 Å². The number of carboxylic acids is 1. The van der Waals surface area contributed by atoms with Crippen LogP contribution < -0.4 is 10.1 Å². The van der Waals surface area contributed by atoms with Gasteiger partial charge in [-0.1, -0.05) is 79.6 Å². The second-order valence-corrected chi connectivity index (χ2v) is 12.9. The minimum Gasteiger partial charge on any atom is -0.476 e. The number of carboxylic acid groups (broad SMARTS) is 1. The molecule has 0 radical (unpaired) electrons. The first-order valence-electron chi connectivity index (χ1n) is 14.4. The summed E-state index contributed by atoms with van der Waals surface area (Å²) in [6, 6.07) is 25.1. The van der Waals surface area contributed by atoms with Crippen LogP contribution in [0.15, 0.2) is 89.8 Å². The molecule has 1 saturated carbocycles. The zero-order valence-electron chi connectivity index (χ0n) is 24.4. The Morgan fingerprint density at radius 3 is 2.39 bits per heavy atom. The molecule has 44 heavy (non-hydrogen) atoms. The SMILES string of the molecule is CS(=O)(=O)c1ccc(-c2ccccc2COc2cc(C(=O)O)nn2CC(=O)NC2CCCCC2OCc2ccccc2)cc1. The van der Waals surface area contributed by atoms with Gasteiger partial charge in [-0.25, -0.2) is 17.9 Å². The van der Waals surface area contributed by atoms with Crippen LogP contribution in [0.1, 0.15) is 47.3 Å². The van der Waals surface area contributed by atoms with E-state index < -0.39 is 15.8 Å². The van der Waals surface area contributed by atoms with Crippen molar-refractivity contribution in [3.8, 4) is 17.0 Å². The van der Waals surface area contributed by atoms with E-state index in [4.69, 9.17) is 9.47 Å². The lowest BCUT2D eigenvalue weighted by molar-refractivity contribution is -0.124. The number of carbonyl (C=O) groups excluding carboxylic acids is 1. The maximum Gasteiger partial charge on any atom is 0.356 e. The van der Waals surface area contributed by atoms with Crippen molar-refractivity contribution in [3.05, 3.63) is 102 Å². The molecule has 0 spiro atoms. The summed E-state index contributed by atoms with van der Waals surface area (Å²) in [5.74, 6) is -1.41. The first-order chi connectivity index (χ1) is 21.2. The topological polar surface area (TPSA) is 137 Å². The summed E-state index contributed by atoms with van der Waals surface area (Å²) in [7, 11) is -3.33. The molecule has 10 nitrogen and oxygen atoms in total. The molecule has 2 atom stereocenters. The maximum atomic E-state index is 13.2. The minimum absolute atomic E-state index is 0.0639. The number of aromatic carboxylic acids is 1. The second-order valence-electron chi connectivity index (χ2n) is 10.9. The van der Waals surface area contributed by atoms with Crippen molar-refractivity contribution in [2.45, 2.75) is 62.5 Å².